The highest BCUT2D eigenvalue weighted by Gasteiger charge is 2.14. The summed E-state index contributed by atoms with van der Waals surface area (Å²) >= 11 is 0. The number of nitrogens with zero attached hydrogens (tertiary/aromatic N) is 4. The molecule has 0 atom stereocenters. The molecule has 0 saturated heterocycles. The summed E-state index contributed by atoms with van der Waals surface area (Å²) in [5.41, 5.74) is 1.10. The standard InChI is InChI=1S/C6H8N4/c1-4-3-6-8-7-5(2)10(6)9-4/h3H2,1-2H3. The Balaban J connectivity index is 2.59. The van der Waals surface area contributed by atoms with Gasteiger partial charge in [0.2, 0.25) is 0 Å². The predicted octanol–water partition coefficient (Wildman–Crippen LogP) is 0.367. The Morgan fingerprint density at radius 2 is 2.10 bits per heavy atom. The van der Waals surface area contributed by atoms with Crippen LogP contribution in [0.3, 0.4) is 0 Å². The summed E-state index contributed by atoms with van der Waals surface area (Å²) in [4.78, 5) is 0. The van der Waals surface area contributed by atoms with Gasteiger partial charge in [-0.3, -0.25) is 0 Å². The summed E-state index contributed by atoms with van der Waals surface area (Å²) in [5.74, 6) is 1.82. The van der Waals surface area contributed by atoms with Gasteiger partial charge in [0, 0.05) is 12.1 Å². The van der Waals surface area contributed by atoms with Crippen LogP contribution < -0.4 is 0 Å². The molecular formula is C6H8N4. The van der Waals surface area contributed by atoms with Crippen LogP contribution >= 0.6 is 0 Å². The molecule has 1 aliphatic heterocycles. The fourth-order valence-corrected chi connectivity index (χ4v) is 1.08. The molecule has 52 valence electrons. The van der Waals surface area contributed by atoms with Crippen LogP contribution in [0.25, 0.3) is 0 Å². The zero-order chi connectivity index (χ0) is 7.14. The van der Waals surface area contributed by atoms with Crippen LogP contribution in [0.2, 0.25) is 0 Å². The van der Waals surface area contributed by atoms with E-state index in [4.69, 9.17) is 0 Å². The Morgan fingerprint density at radius 1 is 1.30 bits per heavy atom. The molecule has 0 aliphatic carbocycles. The van der Waals surface area contributed by atoms with Crippen LogP contribution in [0.5, 0.6) is 0 Å². The summed E-state index contributed by atoms with van der Waals surface area (Å²) in [7, 11) is 0. The summed E-state index contributed by atoms with van der Waals surface area (Å²) in [6, 6.07) is 0. The third-order valence-corrected chi connectivity index (χ3v) is 1.55. The molecule has 4 heteroatoms. The molecule has 2 rings (SSSR count). The molecule has 0 bridgehead atoms. The molecule has 0 amide bonds. The first-order chi connectivity index (χ1) is 4.77. The van der Waals surface area contributed by atoms with E-state index < -0.39 is 0 Å². The smallest absolute Gasteiger partial charge is 0.160 e. The van der Waals surface area contributed by atoms with Crippen molar-refractivity contribution >= 4 is 5.71 Å². The van der Waals surface area contributed by atoms with Gasteiger partial charge in [-0.05, 0) is 13.8 Å². The molecule has 0 spiro atoms. The van der Waals surface area contributed by atoms with E-state index in [-0.39, 0.29) is 0 Å². The number of hydrogen-bond donors (Lipinski definition) is 0. The maximum atomic E-state index is 4.22. The molecule has 0 aromatic carbocycles. The molecule has 0 unspecified atom stereocenters. The second-order valence-corrected chi connectivity index (χ2v) is 2.49. The lowest BCUT2D eigenvalue weighted by atomic mass is 10.3. The van der Waals surface area contributed by atoms with Crippen LogP contribution in [-0.4, -0.2) is 20.6 Å². The second kappa shape index (κ2) is 1.65. The van der Waals surface area contributed by atoms with E-state index in [9.17, 15) is 0 Å². The zero-order valence-corrected chi connectivity index (χ0v) is 6.00. The van der Waals surface area contributed by atoms with Gasteiger partial charge in [-0.1, -0.05) is 0 Å². The maximum Gasteiger partial charge on any atom is 0.160 e. The van der Waals surface area contributed by atoms with E-state index in [1.807, 2.05) is 13.8 Å². The van der Waals surface area contributed by atoms with Crippen molar-refractivity contribution in [3.05, 3.63) is 11.6 Å². The zero-order valence-electron chi connectivity index (χ0n) is 6.00. The van der Waals surface area contributed by atoms with Gasteiger partial charge < -0.3 is 0 Å². The highest BCUT2D eigenvalue weighted by molar-refractivity contribution is 5.85. The highest BCUT2D eigenvalue weighted by Crippen LogP contribution is 2.09. The van der Waals surface area contributed by atoms with E-state index in [0.29, 0.717) is 0 Å². The van der Waals surface area contributed by atoms with Crippen molar-refractivity contribution in [1.82, 2.24) is 14.9 Å². The second-order valence-electron chi connectivity index (χ2n) is 2.49. The summed E-state index contributed by atoms with van der Waals surface area (Å²) in [6.45, 7) is 3.90. The van der Waals surface area contributed by atoms with Crippen molar-refractivity contribution in [1.29, 1.82) is 0 Å². The van der Waals surface area contributed by atoms with Crippen molar-refractivity contribution in [3.8, 4) is 0 Å². The minimum Gasteiger partial charge on any atom is -0.201 e. The molecule has 10 heavy (non-hydrogen) atoms. The van der Waals surface area contributed by atoms with Crippen LogP contribution in [-0.2, 0) is 6.42 Å². The maximum absolute atomic E-state index is 4.22. The van der Waals surface area contributed by atoms with Crippen molar-refractivity contribution in [3.63, 3.8) is 0 Å². The first kappa shape index (κ1) is 5.58. The Kier molecular flexibility index (Phi) is 0.922. The molecule has 4 nitrogen and oxygen atoms in total. The van der Waals surface area contributed by atoms with Crippen molar-refractivity contribution in [2.45, 2.75) is 20.3 Å². The van der Waals surface area contributed by atoms with Gasteiger partial charge in [-0.2, -0.15) is 5.10 Å². The lowest BCUT2D eigenvalue weighted by molar-refractivity contribution is 0.821. The average Bonchev–Trinajstić information content (AvgIpc) is 2.35. The van der Waals surface area contributed by atoms with Gasteiger partial charge in [-0.15, -0.1) is 10.2 Å². The number of aromatic nitrogens is 3. The summed E-state index contributed by atoms with van der Waals surface area (Å²) < 4.78 is 1.79. The van der Waals surface area contributed by atoms with Crippen LogP contribution in [0.4, 0.5) is 0 Å². The molecule has 1 aliphatic rings. The lowest BCUT2D eigenvalue weighted by Gasteiger charge is -1.88. The average molecular weight is 136 g/mol. The lowest BCUT2D eigenvalue weighted by Crippen LogP contribution is -1.91. The summed E-state index contributed by atoms with van der Waals surface area (Å²) in [5, 5.41) is 12.0. The Bertz CT molecular complexity index is 297. The third kappa shape index (κ3) is 0.586. The molecule has 1 aromatic heterocycles. The number of hydrogen-bond acceptors (Lipinski definition) is 3. The fraction of sp³-hybridized carbons (Fsp3) is 0.500. The van der Waals surface area contributed by atoms with Crippen molar-refractivity contribution in [2.24, 2.45) is 5.10 Å². The molecule has 0 fully saturated rings. The molecule has 0 N–H and O–H groups in total. The quantitative estimate of drug-likeness (QED) is 0.517. The van der Waals surface area contributed by atoms with Crippen LogP contribution in [0, 0.1) is 6.92 Å². The van der Waals surface area contributed by atoms with E-state index >= 15 is 0 Å². The SMILES string of the molecule is CC1=Nn2c(C)nnc2C1. The number of fused-ring (bicyclic) bond motifs is 1. The van der Waals surface area contributed by atoms with Crippen LogP contribution in [0.1, 0.15) is 18.6 Å². The van der Waals surface area contributed by atoms with E-state index in [1.165, 1.54) is 0 Å². The Morgan fingerprint density at radius 3 is 2.80 bits per heavy atom. The minimum absolute atomic E-state index is 0.848. The molecule has 1 aromatic rings. The monoisotopic (exact) mass is 136 g/mol. The van der Waals surface area contributed by atoms with Gasteiger partial charge in [0.15, 0.2) is 11.6 Å². The Labute approximate surface area is 58.6 Å². The van der Waals surface area contributed by atoms with Crippen molar-refractivity contribution in [2.75, 3.05) is 0 Å². The van der Waals surface area contributed by atoms with Gasteiger partial charge in [-0.25, -0.2) is 4.68 Å². The van der Waals surface area contributed by atoms with E-state index in [1.54, 1.807) is 4.68 Å². The third-order valence-electron chi connectivity index (χ3n) is 1.55. The van der Waals surface area contributed by atoms with Gasteiger partial charge in [0.25, 0.3) is 0 Å². The topological polar surface area (TPSA) is 43.1 Å². The predicted molar refractivity (Wildman–Crippen MR) is 37.0 cm³/mol. The first-order valence-corrected chi connectivity index (χ1v) is 3.23. The molecule has 2 heterocycles. The van der Waals surface area contributed by atoms with E-state index in [0.717, 1.165) is 23.8 Å². The minimum atomic E-state index is 0.848. The normalized spacial score (nSPS) is 15.2. The van der Waals surface area contributed by atoms with Gasteiger partial charge >= 0.3 is 0 Å². The Hall–Kier alpha value is -1.19. The fourth-order valence-electron chi connectivity index (χ4n) is 1.08. The van der Waals surface area contributed by atoms with Gasteiger partial charge in [0.05, 0.1) is 0 Å². The highest BCUT2D eigenvalue weighted by atomic mass is 15.5. The van der Waals surface area contributed by atoms with Crippen molar-refractivity contribution < 1.29 is 0 Å². The van der Waals surface area contributed by atoms with E-state index in [2.05, 4.69) is 15.3 Å². The summed E-state index contributed by atoms with van der Waals surface area (Å²) in [6.07, 6.45) is 0.848. The van der Waals surface area contributed by atoms with Crippen LogP contribution in [0.15, 0.2) is 5.10 Å². The van der Waals surface area contributed by atoms with Gasteiger partial charge in [0.1, 0.15) is 0 Å². The molecule has 0 saturated carbocycles. The largest absolute Gasteiger partial charge is 0.201 e. The first-order valence-electron chi connectivity index (χ1n) is 3.23. The molecular weight excluding hydrogens is 128 g/mol. The molecule has 0 radical (unpaired) electrons. The number of aryl methyl sites for hydroxylation is 1. The number of rotatable bonds is 0.